The summed E-state index contributed by atoms with van der Waals surface area (Å²) >= 11 is 1.79. The van der Waals surface area contributed by atoms with Gasteiger partial charge in [-0.3, -0.25) is 0 Å². The third kappa shape index (κ3) is 5.13. The summed E-state index contributed by atoms with van der Waals surface area (Å²) in [6.45, 7) is 0. The van der Waals surface area contributed by atoms with Crippen LogP contribution in [0, 0.1) is 0 Å². The van der Waals surface area contributed by atoms with Gasteiger partial charge < -0.3 is 8.98 Å². The lowest BCUT2D eigenvalue weighted by atomic mass is 10.0. The Bertz CT molecular complexity index is 4220. The Balaban J connectivity index is 1.04. The molecule has 63 heavy (non-hydrogen) atoms. The first-order valence-electron chi connectivity index (χ1n) is 21.2. The molecule has 0 bridgehead atoms. The molecule has 0 N–H and O–H groups in total. The van der Waals surface area contributed by atoms with Crippen LogP contribution in [0.25, 0.3) is 136 Å². The molecule has 4 aromatic heterocycles. The molecule has 0 fully saturated rings. The Hall–Kier alpha value is -8.19. The number of rotatable bonds is 4. The highest BCUT2D eigenvalue weighted by Crippen LogP contribution is 2.45. The Morgan fingerprint density at radius 2 is 1.00 bits per heavy atom. The van der Waals surface area contributed by atoms with Crippen molar-refractivity contribution in [1.82, 2.24) is 19.5 Å². The Morgan fingerprint density at radius 1 is 0.365 bits per heavy atom. The highest BCUT2D eigenvalue weighted by atomic mass is 32.1. The number of para-hydroxylation sites is 1. The van der Waals surface area contributed by atoms with Crippen molar-refractivity contribution in [2.45, 2.75) is 0 Å². The van der Waals surface area contributed by atoms with E-state index < -0.39 is 0 Å². The highest BCUT2D eigenvalue weighted by molar-refractivity contribution is 7.25. The Morgan fingerprint density at radius 3 is 1.86 bits per heavy atom. The van der Waals surface area contributed by atoms with Gasteiger partial charge in [-0.2, -0.15) is 0 Å². The summed E-state index contributed by atoms with van der Waals surface area (Å²) in [6, 6.07) is 69.2. The number of nitrogens with zero attached hydrogens (tertiary/aromatic N) is 4. The molecule has 5 nitrogen and oxygen atoms in total. The van der Waals surface area contributed by atoms with Crippen molar-refractivity contribution >= 4 is 108 Å². The van der Waals surface area contributed by atoms with Crippen molar-refractivity contribution in [1.29, 1.82) is 0 Å². The molecule has 0 spiro atoms. The molecule has 0 amide bonds. The average Bonchev–Trinajstić information content (AvgIpc) is 4.02. The minimum atomic E-state index is 0.560. The van der Waals surface area contributed by atoms with E-state index >= 15 is 0 Å². The summed E-state index contributed by atoms with van der Waals surface area (Å²) in [5.41, 5.74) is 7.70. The number of fused-ring (bicyclic) bond motifs is 14. The van der Waals surface area contributed by atoms with Crippen molar-refractivity contribution in [3.63, 3.8) is 0 Å². The molecule has 0 atom stereocenters. The second-order valence-electron chi connectivity index (χ2n) is 16.3. The Kier molecular flexibility index (Phi) is 7.21. The second kappa shape index (κ2) is 13.2. The molecule has 0 unspecified atom stereocenters. The summed E-state index contributed by atoms with van der Waals surface area (Å²) in [5, 5.41) is 14.0. The van der Waals surface area contributed by atoms with Gasteiger partial charge in [0.1, 0.15) is 11.2 Å². The molecule has 0 aliphatic rings. The maximum Gasteiger partial charge on any atom is 0.167 e. The van der Waals surface area contributed by atoms with Crippen molar-refractivity contribution < 1.29 is 4.42 Å². The maximum absolute atomic E-state index is 7.10. The minimum absolute atomic E-state index is 0.560. The second-order valence-corrected chi connectivity index (χ2v) is 17.4. The fraction of sp³-hybridized carbons (Fsp3) is 0. The fourth-order valence-electron chi connectivity index (χ4n) is 9.88. The normalized spacial score (nSPS) is 12.1. The molecule has 0 saturated heterocycles. The standard InChI is InChI=1S/C57H32N4OS/c1-2-14-34(15-3-1)55-58-56(37-26-27-41-40-20-10-11-24-50(40)63-51(41)31-37)60-57(59-55)45-23-12-22-44-47-32-49(39-19-8-9-21-43(39)54(47)62-53(44)45)61-48-30-36-17-5-4-16-35(36)29-46(48)42-28-25-33-13-6-7-18-38(33)52(42)61/h1-32H. The first-order valence-corrected chi connectivity index (χ1v) is 22.0. The largest absolute Gasteiger partial charge is 0.455 e. The van der Waals surface area contributed by atoms with Gasteiger partial charge in [-0.05, 0) is 52.6 Å². The van der Waals surface area contributed by atoms with Gasteiger partial charge in [-0.1, -0.05) is 158 Å². The highest BCUT2D eigenvalue weighted by Gasteiger charge is 2.23. The van der Waals surface area contributed by atoms with Crippen molar-refractivity contribution in [3.8, 4) is 39.9 Å². The van der Waals surface area contributed by atoms with E-state index in [1.807, 2.05) is 30.3 Å². The van der Waals surface area contributed by atoms with Gasteiger partial charge >= 0.3 is 0 Å². The van der Waals surface area contributed by atoms with Crippen molar-refractivity contribution in [2.24, 2.45) is 0 Å². The summed E-state index contributed by atoms with van der Waals surface area (Å²) in [4.78, 5) is 15.5. The molecule has 0 radical (unpaired) electrons. The summed E-state index contributed by atoms with van der Waals surface area (Å²) in [5.74, 6) is 1.79. The van der Waals surface area contributed by atoms with Gasteiger partial charge in [0, 0.05) is 69.0 Å². The first-order chi connectivity index (χ1) is 31.2. The van der Waals surface area contributed by atoms with E-state index in [1.165, 1.54) is 58.0 Å². The smallest absolute Gasteiger partial charge is 0.167 e. The van der Waals surface area contributed by atoms with Gasteiger partial charge in [0.25, 0.3) is 0 Å². The third-order valence-electron chi connectivity index (χ3n) is 12.8. The molecule has 0 saturated carbocycles. The molecule has 0 aliphatic carbocycles. The zero-order valence-corrected chi connectivity index (χ0v) is 34.4. The molecule has 14 rings (SSSR count). The lowest BCUT2D eigenvalue weighted by molar-refractivity contribution is 0.673. The molecule has 6 heteroatoms. The maximum atomic E-state index is 7.10. The Labute approximate surface area is 363 Å². The van der Waals surface area contributed by atoms with Gasteiger partial charge in [-0.15, -0.1) is 11.3 Å². The minimum Gasteiger partial charge on any atom is -0.455 e. The quantitative estimate of drug-likeness (QED) is 0.177. The van der Waals surface area contributed by atoms with Gasteiger partial charge in [0.15, 0.2) is 17.5 Å². The van der Waals surface area contributed by atoms with E-state index in [-0.39, 0.29) is 0 Å². The number of furan rings is 1. The molecule has 0 aliphatic heterocycles. The fourth-order valence-corrected chi connectivity index (χ4v) is 11.0. The van der Waals surface area contributed by atoms with Crippen LogP contribution in [-0.2, 0) is 0 Å². The number of thiophene rings is 1. The van der Waals surface area contributed by atoms with E-state index in [4.69, 9.17) is 19.4 Å². The lowest BCUT2D eigenvalue weighted by Crippen LogP contribution is -2.00. The summed E-state index contributed by atoms with van der Waals surface area (Å²) in [7, 11) is 0. The van der Waals surface area contributed by atoms with Crippen LogP contribution in [0.1, 0.15) is 0 Å². The number of hydrogen-bond donors (Lipinski definition) is 0. The van der Waals surface area contributed by atoms with Crippen LogP contribution >= 0.6 is 11.3 Å². The molecule has 292 valence electrons. The summed E-state index contributed by atoms with van der Waals surface area (Å²) in [6.07, 6.45) is 0. The molecule has 14 aromatic rings. The van der Waals surface area contributed by atoms with Crippen molar-refractivity contribution in [2.75, 3.05) is 0 Å². The zero-order valence-electron chi connectivity index (χ0n) is 33.6. The van der Waals surface area contributed by atoms with Gasteiger partial charge in [-0.25, -0.2) is 15.0 Å². The zero-order chi connectivity index (χ0) is 41.2. The van der Waals surface area contributed by atoms with Crippen LogP contribution in [0.4, 0.5) is 0 Å². The van der Waals surface area contributed by atoms with E-state index in [9.17, 15) is 0 Å². The van der Waals surface area contributed by atoms with Crippen LogP contribution < -0.4 is 0 Å². The van der Waals surface area contributed by atoms with E-state index in [1.54, 1.807) is 11.3 Å². The average molecular weight is 821 g/mol. The van der Waals surface area contributed by atoms with E-state index in [2.05, 4.69) is 168 Å². The molecule has 4 heterocycles. The van der Waals surface area contributed by atoms with Crippen LogP contribution in [-0.4, -0.2) is 19.5 Å². The van der Waals surface area contributed by atoms with Gasteiger partial charge in [0.2, 0.25) is 0 Å². The SMILES string of the molecule is c1ccc(-c2nc(-c3ccc4c(c3)sc3ccccc34)nc(-c3cccc4c3oc3c5ccccc5c(-n5c6cc7ccccc7cc6c6ccc7ccccc7c65)cc43)n2)cc1. The van der Waals surface area contributed by atoms with Gasteiger partial charge in [0.05, 0.1) is 22.3 Å². The van der Waals surface area contributed by atoms with Crippen LogP contribution in [0.2, 0.25) is 0 Å². The number of benzene rings is 10. The van der Waals surface area contributed by atoms with Crippen molar-refractivity contribution in [3.05, 3.63) is 194 Å². The van der Waals surface area contributed by atoms with E-state index in [0.717, 1.165) is 60.6 Å². The predicted molar refractivity (Wildman–Crippen MR) is 263 cm³/mol. The monoisotopic (exact) mass is 820 g/mol. The molecular formula is C57H32N4OS. The third-order valence-corrected chi connectivity index (χ3v) is 13.9. The van der Waals surface area contributed by atoms with Crippen LogP contribution in [0.15, 0.2) is 199 Å². The summed E-state index contributed by atoms with van der Waals surface area (Å²) < 4.78 is 12.0. The van der Waals surface area contributed by atoms with Crippen LogP contribution in [0.3, 0.4) is 0 Å². The predicted octanol–water partition coefficient (Wildman–Crippen LogP) is 15.7. The molecular weight excluding hydrogens is 789 g/mol. The first kappa shape index (κ1) is 34.5. The van der Waals surface area contributed by atoms with Crippen LogP contribution in [0.5, 0.6) is 0 Å². The topological polar surface area (TPSA) is 56.7 Å². The number of hydrogen-bond acceptors (Lipinski definition) is 5. The lowest BCUT2D eigenvalue weighted by Gasteiger charge is -2.14. The van der Waals surface area contributed by atoms with E-state index in [0.29, 0.717) is 17.5 Å². The number of aromatic nitrogens is 4. The molecule has 10 aromatic carbocycles.